The molecule has 0 bridgehead atoms. The normalized spacial score (nSPS) is 16.2. The van der Waals surface area contributed by atoms with Crippen LogP contribution < -0.4 is 15.0 Å². The number of alkyl carbamates (subject to hydrolysis) is 1. The van der Waals surface area contributed by atoms with E-state index in [1.54, 1.807) is 23.1 Å². The summed E-state index contributed by atoms with van der Waals surface area (Å²) in [5, 5.41) is 16.7. The van der Waals surface area contributed by atoms with E-state index in [2.05, 4.69) is 21.4 Å². The summed E-state index contributed by atoms with van der Waals surface area (Å²) in [5.41, 5.74) is 2.57. The summed E-state index contributed by atoms with van der Waals surface area (Å²) >= 11 is 0. The van der Waals surface area contributed by atoms with Crippen LogP contribution in [-0.4, -0.2) is 52.0 Å². The number of carbonyl (C=O) groups is 1. The molecular weight excluding hydrogens is 432 g/mol. The number of rotatable bonds is 5. The van der Waals surface area contributed by atoms with Gasteiger partial charge in [0.2, 0.25) is 0 Å². The standard InChI is InChI=1S/C25H30N6O3/c1-5-33-20-11-21(23-18(12-26)14-28-31(23)16-20)17-8-9-22(27-13-17)30-10-6-7-19(15-30)34-24(32)29-25(2,3)4/h8-9,11,13-14,16,19H,5-7,10,15H2,1-4H3,(H,29,32)/t19-/m0/s1. The lowest BCUT2D eigenvalue weighted by atomic mass is 10.0. The molecule has 4 heterocycles. The number of nitrogens with zero attached hydrogens (tertiary/aromatic N) is 5. The molecule has 9 heteroatoms. The first-order valence-corrected chi connectivity index (χ1v) is 11.5. The van der Waals surface area contributed by atoms with Gasteiger partial charge in [-0.1, -0.05) is 0 Å². The third-order valence-electron chi connectivity index (χ3n) is 5.53. The van der Waals surface area contributed by atoms with E-state index in [4.69, 9.17) is 14.5 Å². The maximum Gasteiger partial charge on any atom is 0.407 e. The molecule has 1 N–H and O–H groups in total. The Morgan fingerprint density at radius 3 is 2.82 bits per heavy atom. The number of ether oxygens (including phenoxy) is 2. The molecule has 3 aromatic heterocycles. The molecule has 1 saturated heterocycles. The highest BCUT2D eigenvalue weighted by atomic mass is 16.6. The third kappa shape index (κ3) is 5.22. The summed E-state index contributed by atoms with van der Waals surface area (Å²) in [4.78, 5) is 19.0. The minimum Gasteiger partial charge on any atom is -0.492 e. The van der Waals surface area contributed by atoms with E-state index in [0.717, 1.165) is 41.8 Å². The van der Waals surface area contributed by atoms with Crippen molar-refractivity contribution in [3.05, 3.63) is 42.4 Å². The number of fused-ring (bicyclic) bond motifs is 1. The van der Waals surface area contributed by atoms with Gasteiger partial charge in [0.25, 0.3) is 0 Å². The van der Waals surface area contributed by atoms with Crippen LogP contribution in [0.5, 0.6) is 5.75 Å². The second-order valence-electron chi connectivity index (χ2n) is 9.38. The summed E-state index contributed by atoms with van der Waals surface area (Å²) in [7, 11) is 0. The SMILES string of the molecule is CCOc1cc(-c2ccc(N3CCC[C@H](OC(=O)NC(C)(C)C)C3)nc2)c2c(C#N)cnn2c1. The van der Waals surface area contributed by atoms with Crippen molar-refractivity contribution in [1.29, 1.82) is 5.26 Å². The molecule has 1 amide bonds. The lowest BCUT2D eigenvalue weighted by Gasteiger charge is -2.33. The van der Waals surface area contributed by atoms with Crippen LogP contribution in [0, 0.1) is 11.3 Å². The van der Waals surface area contributed by atoms with Crippen molar-refractivity contribution >= 4 is 17.4 Å². The Balaban J connectivity index is 1.54. The number of amides is 1. The van der Waals surface area contributed by atoms with Crippen molar-refractivity contribution in [2.75, 3.05) is 24.6 Å². The van der Waals surface area contributed by atoms with E-state index in [1.807, 2.05) is 45.9 Å². The molecule has 0 unspecified atom stereocenters. The zero-order chi connectivity index (χ0) is 24.3. The van der Waals surface area contributed by atoms with Crippen molar-refractivity contribution in [3.63, 3.8) is 0 Å². The predicted molar refractivity (Wildman–Crippen MR) is 129 cm³/mol. The molecule has 1 fully saturated rings. The van der Waals surface area contributed by atoms with Crippen LogP contribution in [0.4, 0.5) is 10.6 Å². The summed E-state index contributed by atoms with van der Waals surface area (Å²) < 4.78 is 13.0. The first-order chi connectivity index (χ1) is 16.3. The molecule has 0 aliphatic carbocycles. The van der Waals surface area contributed by atoms with Gasteiger partial charge in [0.1, 0.15) is 23.7 Å². The van der Waals surface area contributed by atoms with Gasteiger partial charge in [0.05, 0.1) is 36.6 Å². The average Bonchev–Trinajstić information content (AvgIpc) is 3.21. The zero-order valence-electron chi connectivity index (χ0n) is 20.0. The van der Waals surface area contributed by atoms with Crippen LogP contribution in [0.3, 0.4) is 0 Å². The highest BCUT2D eigenvalue weighted by molar-refractivity contribution is 5.85. The molecule has 34 heavy (non-hydrogen) atoms. The predicted octanol–water partition coefficient (Wildman–Crippen LogP) is 4.16. The quantitative estimate of drug-likeness (QED) is 0.607. The van der Waals surface area contributed by atoms with E-state index in [-0.39, 0.29) is 11.6 Å². The van der Waals surface area contributed by atoms with Gasteiger partial charge in [0.15, 0.2) is 0 Å². The van der Waals surface area contributed by atoms with Crippen molar-refractivity contribution in [1.82, 2.24) is 19.9 Å². The lowest BCUT2D eigenvalue weighted by molar-refractivity contribution is 0.0825. The molecule has 4 rings (SSSR count). The number of carbonyl (C=O) groups excluding carboxylic acids is 1. The summed E-state index contributed by atoms with van der Waals surface area (Å²) in [6, 6.07) is 8.07. The number of nitrogens with one attached hydrogen (secondary N) is 1. The van der Waals surface area contributed by atoms with Gasteiger partial charge in [-0.15, -0.1) is 0 Å². The number of aromatic nitrogens is 3. The van der Waals surface area contributed by atoms with E-state index in [9.17, 15) is 10.1 Å². The van der Waals surface area contributed by atoms with Gasteiger partial charge < -0.3 is 19.7 Å². The molecular formula is C25H30N6O3. The second kappa shape index (κ2) is 9.59. The van der Waals surface area contributed by atoms with Crippen LogP contribution in [0.2, 0.25) is 0 Å². The maximum absolute atomic E-state index is 12.2. The number of anilines is 1. The smallest absolute Gasteiger partial charge is 0.407 e. The highest BCUT2D eigenvalue weighted by Gasteiger charge is 2.25. The van der Waals surface area contributed by atoms with Crippen LogP contribution in [0.15, 0.2) is 36.8 Å². The van der Waals surface area contributed by atoms with Gasteiger partial charge in [0, 0.05) is 29.4 Å². The van der Waals surface area contributed by atoms with Crippen molar-refractivity contribution in [2.24, 2.45) is 0 Å². The van der Waals surface area contributed by atoms with Crippen LogP contribution >= 0.6 is 0 Å². The van der Waals surface area contributed by atoms with Crippen LogP contribution in [-0.2, 0) is 4.74 Å². The van der Waals surface area contributed by atoms with Crippen molar-refractivity contribution < 1.29 is 14.3 Å². The zero-order valence-corrected chi connectivity index (χ0v) is 20.0. The van der Waals surface area contributed by atoms with Gasteiger partial charge in [-0.25, -0.2) is 14.3 Å². The minimum atomic E-state index is -0.394. The monoisotopic (exact) mass is 462 g/mol. The Labute approximate surface area is 199 Å². The molecule has 1 aliphatic rings. The van der Waals surface area contributed by atoms with E-state index < -0.39 is 6.09 Å². The Kier molecular flexibility index (Phi) is 6.59. The second-order valence-corrected chi connectivity index (χ2v) is 9.38. The Hall–Kier alpha value is -3.80. The molecule has 0 radical (unpaired) electrons. The molecule has 0 aromatic carbocycles. The topological polar surface area (TPSA) is 105 Å². The number of nitriles is 1. The molecule has 1 atom stereocenters. The van der Waals surface area contributed by atoms with Gasteiger partial charge in [-0.05, 0) is 58.7 Å². The van der Waals surface area contributed by atoms with Gasteiger partial charge >= 0.3 is 6.09 Å². The van der Waals surface area contributed by atoms with Gasteiger partial charge in [-0.2, -0.15) is 10.4 Å². The van der Waals surface area contributed by atoms with Crippen molar-refractivity contribution in [3.8, 4) is 22.9 Å². The minimum absolute atomic E-state index is 0.190. The molecule has 0 saturated carbocycles. The third-order valence-corrected chi connectivity index (χ3v) is 5.53. The van der Waals surface area contributed by atoms with E-state index in [0.29, 0.717) is 24.5 Å². The first kappa shape index (κ1) is 23.4. The fourth-order valence-corrected chi connectivity index (χ4v) is 4.11. The first-order valence-electron chi connectivity index (χ1n) is 11.5. The molecule has 1 aliphatic heterocycles. The summed E-state index contributed by atoms with van der Waals surface area (Å²) in [6.45, 7) is 9.66. The largest absolute Gasteiger partial charge is 0.492 e. The fraction of sp³-hybridized carbons (Fsp3) is 0.440. The average molecular weight is 463 g/mol. The number of piperidine rings is 1. The number of hydrogen-bond acceptors (Lipinski definition) is 7. The number of hydrogen-bond donors (Lipinski definition) is 1. The highest BCUT2D eigenvalue weighted by Crippen LogP contribution is 2.31. The van der Waals surface area contributed by atoms with Crippen LogP contribution in [0.1, 0.15) is 46.1 Å². The maximum atomic E-state index is 12.2. The Bertz CT molecular complexity index is 1210. The van der Waals surface area contributed by atoms with Gasteiger partial charge in [-0.3, -0.25) is 0 Å². The van der Waals surface area contributed by atoms with E-state index in [1.165, 1.54) is 0 Å². The molecule has 178 valence electrons. The molecule has 0 spiro atoms. The lowest BCUT2D eigenvalue weighted by Crippen LogP contribution is -2.46. The van der Waals surface area contributed by atoms with E-state index >= 15 is 0 Å². The number of pyridine rings is 2. The molecule has 3 aromatic rings. The fourth-order valence-electron chi connectivity index (χ4n) is 4.11. The van der Waals surface area contributed by atoms with Crippen molar-refractivity contribution in [2.45, 2.75) is 52.2 Å². The Morgan fingerprint density at radius 1 is 1.32 bits per heavy atom. The molecule has 9 nitrogen and oxygen atoms in total. The Morgan fingerprint density at radius 2 is 2.15 bits per heavy atom. The van der Waals surface area contributed by atoms with Crippen LogP contribution in [0.25, 0.3) is 16.6 Å². The summed E-state index contributed by atoms with van der Waals surface area (Å²) in [6.07, 6.45) is 6.28. The summed E-state index contributed by atoms with van der Waals surface area (Å²) in [5.74, 6) is 1.49.